The Hall–Kier alpha value is -2.50. The Labute approximate surface area is 117 Å². The number of carbonyl (C=O) groups excluding carboxylic acids is 1. The third-order valence-corrected chi connectivity index (χ3v) is 2.79. The van der Waals surface area contributed by atoms with E-state index in [0.29, 0.717) is 5.71 Å². The molecule has 0 aromatic heterocycles. The van der Waals surface area contributed by atoms with Gasteiger partial charge in [-0.3, -0.25) is 0 Å². The summed E-state index contributed by atoms with van der Waals surface area (Å²) >= 11 is 0. The van der Waals surface area contributed by atoms with Crippen LogP contribution in [0.1, 0.15) is 12.5 Å². The lowest BCUT2D eigenvalue weighted by Crippen LogP contribution is -2.24. The van der Waals surface area contributed by atoms with Gasteiger partial charge in [-0.05, 0) is 19.1 Å². The first-order valence-electron chi connectivity index (χ1n) is 5.89. The molecule has 1 rings (SSSR count). The Morgan fingerprint density at radius 3 is 2.65 bits per heavy atom. The molecule has 0 saturated carbocycles. The fourth-order valence-electron chi connectivity index (χ4n) is 1.62. The number of rotatable bonds is 5. The van der Waals surface area contributed by atoms with Gasteiger partial charge in [-0.15, -0.1) is 0 Å². The summed E-state index contributed by atoms with van der Waals surface area (Å²) in [6, 6.07) is 7.23. The first-order chi connectivity index (χ1) is 9.54. The molecular weight excluding hydrogens is 260 g/mol. The molecule has 1 aromatic carbocycles. The van der Waals surface area contributed by atoms with Crippen molar-refractivity contribution in [3.63, 3.8) is 0 Å². The van der Waals surface area contributed by atoms with E-state index in [4.69, 9.17) is 14.7 Å². The first-order valence-corrected chi connectivity index (χ1v) is 5.89. The summed E-state index contributed by atoms with van der Waals surface area (Å²) < 4.78 is 9.61. The maximum atomic E-state index is 11.7. The molecule has 6 heteroatoms. The summed E-state index contributed by atoms with van der Waals surface area (Å²) in [5, 5.41) is 12.0. The van der Waals surface area contributed by atoms with Gasteiger partial charge in [0.1, 0.15) is 6.26 Å². The maximum absolute atomic E-state index is 11.7. The normalized spacial score (nSPS) is 12.0. The highest BCUT2D eigenvalue weighted by molar-refractivity contribution is 5.99. The number of oxime groups is 1. The summed E-state index contributed by atoms with van der Waals surface area (Å²) in [5.41, 5.74) is 2.22. The molecule has 0 aliphatic heterocycles. The average molecular weight is 278 g/mol. The third-order valence-electron chi connectivity index (χ3n) is 2.79. The topological polar surface area (TPSA) is 71.4 Å². The third kappa shape index (κ3) is 3.50. The van der Waals surface area contributed by atoms with Crippen LogP contribution in [0.2, 0.25) is 0 Å². The number of anilines is 1. The van der Waals surface area contributed by atoms with Crippen molar-refractivity contribution >= 4 is 17.4 Å². The van der Waals surface area contributed by atoms with Crippen LogP contribution in [0.15, 0.2) is 41.4 Å². The van der Waals surface area contributed by atoms with E-state index in [1.807, 2.05) is 12.1 Å². The summed E-state index contributed by atoms with van der Waals surface area (Å²) in [5.74, 6) is -0.507. The zero-order valence-electron chi connectivity index (χ0n) is 12.0. The molecule has 0 amide bonds. The van der Waals surface area contributed by atoms with Crippen LogP contribution in [0.3, 0.4) is 0 Å². The molecule has 0 atom stereocenters. The largest absolute Gasteiger partial charge is 0.502 e. The van der Waals surface area contributed by atoms with Gasteiger partial charge < -0.3 is 19.6 Å². The number of methoxy groups -OCH3 is 2. The molecule has 0 aliphatic carbocycles. The van der Waals surface area contributed by atoms with Gasteiger partial charge in [0, 0.05) is 18.3 Å². The van der Waals surface area contributed by atoms with E-state index in [1.165, 1.54) is 20.5 Å². The van der Waals surface area contributed by atoms with Gasteiger partial charge in [-0.2, -0.15) is 0 Å². The van der Waals surface area contributed by atoms with Crippen molar-refractivity contribution in [2.45, 2.75) is 6.92 Å². The number of nitrogens with zero attached hydrogens (tertiary/aromatic N) is 2. The quantitative estimate of drug-likeness (QED) is 0.223. The fraction of sp³-hybridized carbons (Fsp3) is 0.286. The van der Waals surface area contributed by atoms with Gasteiger partial charge in [0.15, 0.2) is 5.70 Å². The number of benzene rings is 1. The standard InChI is InChI=1S/C14H18N2O4/c1-10(15-18)11-6-5-7-12(8-11)16(2)13(9-19-3)14(17)20-4/h5-9,18H,1-4H3/b13-9-,15-10+. The van der Waals surface area contributed by atoms with Crippen molar-refractivity contribution in [1.29, 1.82) is 0 Å². The van der Waals surface area contributed by atoms with Gasteiger partial charge in [0.2, 0.25) is 0 Å². The van der Waals surface area contributed by atoms with Crippen LogP contribution in [0.4, 0.5) is 5.69 Å². The van der Waals surface area contributed by atoms with E-state index in [9.17, 15) is 4.79 Å². The highest BCUT2D eigenvalue weighted by atomic mass is 16.5. The first kappa shape index (κ1) is 15.6. The van der Waals surface area contributed by atoms with Crippen molar-refractivity contribution in [3.05, 3.63) is 41.8 Å². The molecule has 108 valence electrons. The maximum Gasteiger partial charge on any atom is 0.357 e. The van der Waals surface area contributed by atoms with E-state index < -0.39 is 5.97 Å². The number of hydrogen-bond donors (Lipinski definition) is 1. The lowest BCUT2D eigenvalue weighted by atomic mass is 10.1. The van der Waals surface area contributed by atoms with Gasteiger partial charge in [-0.25, -0.2) is 4.79 Å². The molecule has 0 aliphatic rings. The molecule has 1 N–H and O–H groups in total. The van der Waals surface area contributed by atoms with Crippen molar-refractivity contribution in [2.75, 3.05) is 26.2 Å². The van der Waals surface area contributed by atoms with Crippen LogP contribution in [0.25, 0.3) is 0 Å². The molecular formula is C14H18N2O4. The van der Waals surface area contributed by atoms with E-state index in [0.717, 1.165) is 11.3 Å². The monoisotopic (exact) mass is 278 g/mol. The Balaban J connectivity index is 3.16. The molecule has 0 radical (unpaired) electrons. The summed E-state index contributed by atoms with van der Waals surface area (Å²) in [6.45, 7) is 1.69. The lowest BCUT2D eigenvalue weighted by molar-refractivity contribution is -0.136. The zero-order valence-corrected chi connectivity index (χ0v) is 12.0. The van der Waals surface area contributed by atoms with Crippen molar-refractivity contribution in [3.8, 4) is 0 Å². The molecule has 0 fully saturated rings. The van der Waals surface area contributed by atoms with Gasteiger partial charge in [-0.1, -0.05) is 17.3 Å². The molecule has 1 aromatic rings. The van der Waals surface area contributed by atoms with Crippen LogP contribution in [-0.2, 0) is 14.3 Å². The average Bonchev–Trinajstić information content (AvgIpc) is 2.50. The van der Waals surface area contributed by atoms with E-state index in [2.05, 4.69) is 5.16 Å². The number of esters is 1. The van der Waals surface area contributed by atoms with E-state index in [-0.39, 0.29) is 5.70 Å². The van der Waals surface area contributed by atoms with Crippen LogP contribution in [0.5, 0.6) is 0 Å². The highest BCUT2D eigenvalue weighted by Crippen LogP contribution is 2.20. The Kier molecular flexibility index (Phi) is 5.58. The van der Waals surface area contributed by atoms with Gasteiger partial charge >= 0.3 is 5.97 Å². The number of carbonyl (C=O) groups is 1. The van der Waals surface area contributed by atoms with E-state index >= 15 is 0 Å². The predicted octanol–water partition coefficient (Wildman–Crippen LogP) is 1.98. The van der Waals surface area contributed by atoms with Crippen LogP contribution >= 0.6 is 0 Å². The lowest BCUT2D eigenvalue weighted by Gasteiger charge is -2.21. The smallest absolute Gasteiger partial charge is 0.357 e. The van der Waals surface area contributed by atoms with Crippen molar-refractivity contribution in [1.82, 2.24) is 0 Å². The molecule has 0 spiro atoms. The fourth-order valence-corrected chi connectivity index (χ4v) is 1.62. The number of likely N-dealkylation sites (N-methyl/N-ethyl adjacent to an activating group) is 1. The molecule has 0 unspecified atom stereocenters. The predicted molar refractivity (Wildman–Crippen MR) is 76.0 cm³/mol. The second-order valence-electron chi connectivity index (χ2n) is 4.03. The minimum atomic E-state index is -0.507. The second kappa shape index (κ2) is 7.18. The summed E-state index contributed by atoms with van der Waals surface area (Å²) in [4.78, 5) is 13.3. The molecule has 6 nitrogen and oxygen atoms in total. The highest BCUT2D eigenvalue weighted by Gasteiger charge is 2.17. The minimum absolute atomic E-state index is 0.255. The molecule has 20 heavy (non-hydrogen) atoms. The Morgan fingerprint density at radius 2 is 2.10 bits per heavy atom. The van der Waals surface area contributed by atoms with E-state index in [1.54, 1.807) is 31.0 Å². The Morgan fingerprint density at radius 1 is 1.40 bits per heavy atom. The molecule has 0 heterocycles. The second-order valence-corrected chi connectivity index (χ2v) is 4.03. The number of hydrogen-bond acceptors (Lipinski definition) is 6. The van der Waals surface area contributed by atoms with Crippen LogP contribution < -0.4 is 4.90 Å². The number of ether oxygens (including phenoxy) is 2. The van der Waals surface area contributed by atoms with Gasteiger partial charge in [0.05, 0.1) is 19.9 Å². The van der Waals surface area contributed by atoms with Crippen LogP contribution in [-0.4, -0.2) is 38.2 Å². The molecule has 0 bridgehead atoms. The minimum Gasteiger partial charge on any atom is -0.502 e. The SMILES string of the molecule is CO/C=C(/C(=O)OC)N(C)c1cccc(/C(C)=N/O)c1. The Bertz CT molecular complexity index is 538. The van der Waals surface area contributed by atoms with Gasteiger partial charge in [0.25, 0.3) is 0 Å². The molecule has 0 saturated heterocycles. The van der Waals surface area contributed by atoms with Crippen molar-refractivity contribution in [2.24, 2.45) is 5.16 Å². The zero-order chi connectivity index (χ0) is 15.1. The van der Waals surface area contributed by atoms with Crippen LogP contribution in [0, 0.1) is 0 Å². The van der Waals surface area contributed by atoms with Crippen molar-refractivity contribution < 1.29 is 19.5 Å². The summed E-state index contributed by atoms with van der Waals surface area (Å²) in [6.07, 6.45) is 1.31. The summed E-state index contributed by atoms with van der Waals surface area (Å²) in [7, 11) is 4.47.